The van der Waals surface area contributed by atoms with Crippen molar-refractivity contribution in [3.05, 3.63) is 11.4 Å². The monoisotopic (exact) mass is 379 g/mol. The van der Waals surface area contributed by atoms with Gasteiger partial charge < -0.3 is 18.6 Å². The molecule has 0 radical (unpaired) electrons. The zero-order valence-electron chi connectivity index (χ0n) is 16.4. The van der Waals surface area contributed by atoms with Crippen molar-refractivity contribution in [2.75, 3.05) is 40.1 Å². The summed E-state index contributed by atoms with van der Waals surface area (Å²) in [5.41, 5.74) is 0. The Labute approximate surface area is 154 Å². The van der Waals surface area contributed by atoms with Gasteiger partial charge in [-0.3, -0.25) is 0 Å². The average molecular weight is 379 g/mol. The predicted molar refractivity (Wildman–Crippen MR) is 101 cm³/mol. The number of nitrogens with zero attached hydrogens (tertiary/aromatic N) is 3. The van der Waals surface area contributed by atoms with Crippen molar-refractivity contribution in [1.82, 2.24) is 9.79 Å². The van der Waals surface area contributed by atoms with Crippen molar-refractivity contribution in [2.24, 2.45) is 0 Å². The van der Waals surface area contributed by atoms with E-state index in [0.717, 1.165) is 25.7 Å². The lowest BCUT2D eigenvalue weighted by molar-refractivity contribution is -0.0697. The van der Waals surface area contributed by atoms with E-state index in [-0.39, 0.29) is 6.73 Å². The minimum absolute atomic E-state index is 0.0234. The van der Waals surface area contributed by atoms with E-state index in [4.69, 9.17) is 20.4 Å². The molecule has 0 saturated carbocycles. The fraction of sp³-hybridized carbons (Fsp3) is 0.941. The number of hydrogen-bond donors (Lipinski definition) is 0. The van der Waals surface area contributed by atoms with E-state index in [2.05, 4.69) is 37.2 Å². The first-order valence-electron chi connectivity index (χ1n) is 9.01. The van der Waals surface area contributed by atoms with Gasteiger partial charge in [0.05, 0.1) is 6.61 Å². The molecule has 0 spiro atoms. The minimum atomic E-state index is -1.15. The van der Waals surface area contributed by atoms with Gasteiger partial charge >= 0.3 is 0 Å². The van der Waals surface area contributed by atoms with E-state index in [9.17, 15) is 4.48 Å². The quantitative estimate of drug-likeness (QED) is 0.128. The van der Waals surface area contributed by atoms with Crippen molar-refractivity contribution >= 4 is 8.53 Å². The molecule has 0 fully saturated rings. The normalized spacial score (nSPS) is 13.2. The molecule has 0 saturated heterocycles. The summed E-state index contributed by atoms with van der Waals surface area (Å²) in [7, 11) is 0.337. The van der Waals surface area contributed by atoms with E-state index in [1.165, 1.54) is 7.11 Å². The van der Waals surface area contributed by atoms with Gasteiger partial charge in [-0.25, -0.2) is 11.2 Å². The highest BCUT2D eigenvalue weighted by Gasteiger charge is 2.27. The lowest BCUT2D eigenvalue weighted by Gasteiger charge is -2.35. The van der Waals surface area contributed by atoms with Crippen LogP contribution in [0.15, 0.2) is 0 Å². The van der Waals surface area contributed by atoms with Crippen LogP contribution >= 0.6 is 8.53 Å². The van der Waals surface area contributed by atoms with Crippen molar-refractivity contribution in [1.29, 1.82) is 0 Å². The van der Waals surface area contributed by atoms with Crippen LogP contribution in [0.3, 0.4) is 0 Å². The molecule has 0 bridgehead atoms. The Morgan fingerprint density at radius 2 is 1.60 bits per heavy atom. The van der Waals surface area contributed by atoms with E-state index in [1.54, 1.807) is 0 Å². The Morgan fingerprint density at radius 3 is 2.16 bits per heavy atom. The van der Waals surface area contributed by atoms with Crippen LogP contribution in [-0.2, 0) is 13.8 Å². The van der Waals surface area contributed by atoms with Crippen LogP contribution in [0.4, 0.5) is 4.48 Å². The van der Waals surface area contributed by atoms with Crippen LogP contribution in [0, 0.1) is 6.57 Å². The number of methoxy groups -OCH3 is 1. The maximum Gasteiger partial charge on any atom is 0.259 e. The number of hydrogen-bond acceptors (Lipinski definition) is 5. The third-order valence-electron chi connectivity index (χ3n) is 3.42. The van der Waals surface area contributed by atoms with E-state index < -0.39 is 8.53 Å². The third-order valence-corrected chi connectivity index (χ3v) is 5.53. The van der Waals surface area contributed by atoms with Gasteiger partial charge in [0, 0.05) is 25.7 Å². The zero-order chi connectivity index (χ0) is 19.1. The standard InChI is InChI=1S/C17H35FN3O3P/c1-16(2)21(17(3)4)25(24-14-11-19-5)23-13-10-8-7-9-12-20(18)15-22-6/h16-17H,7-15H2,1-4,6H3. The summed E-state index contributed by atoms with van der Waals surface area (Å²) >= 11 is 0. The minimum Gasteiger partial charge on any atom is -0.367 e. The summed E-state index contributed by atoms with van der Waals surface area (Å²) in [6.07, 6.45) is 3.68. The van der Waals surface area contributed by atoms with Crippen LogP contribution < -0.4 is 0 Å². The summed E-state index contributed by atoms with van der Waals surface area (Å²) in [6, 6.07) is 0.630. The van der Waals surface area contributed by atoms with Crippen LogP contribution in [0.25, 0.3) is 4.85 Å². The molecule has 1 unspecified atom stereocenters. The number of ether oxygens (including phenoxy) is 1. The second kappa shape index (κ2) is 15.9. The third kappa shape index (κ3) is 12.6. The van der Waals surface area contributed by atoms with Crippen LogP contribution in [0.5, 0.6) is 0 Å². The van der Waals surface area contributed by atoms with Gasteiger partial charge in [0.2, 0.25) is 6.54 Å². The second-order valence-electron chi connectivity index (χ2n) is 6.37. The van der Waals surface area contributed by atoms with Gasteiger partial charge in [0.15, 0.2) is 0 Å². The number of halogens is 1. The molecule has 0 heterocycles. The molecule has 0 rings (SSSR count). The smallest absolute Gasteiger partial charge is 0.259 e. The van der Waals surface area contributed by atoms with Crippen molar-refractivity contribution in [2.45, 2.75) is 65.5 Å². The van der Waals surface area contributed by atoms with Crippen LogP contribution in [-0.4, -0.2) is 62.0 Å². The highest BCUT2D eigenvalue weighted by molar-refractivity contribution is 7.44. The Bertz CT molecular complexity index is 349. The molecular formula is C17H35FN3O3P. The first kappa shape index (κ1) is 24.7. The number of rotatable bonds is 16. The molecule has 0 aliphatic carbocycles. The van der Waals surface area contributed by atoms with Crippen molar-refractivity contribution in [3.8, 4) is 0 Å². The summed E-state index contributed by atoms with van der Waals surface area (Å²) in [5, 5.41) is 0.685. The highest BCUT2D eigenvalue weighted by atomic mass is 31.2. The van der Waals surface area contributed by atoms with Crippen LogP contribution in [0.1, 0.15) is 53.4 Å². The predicted octanol–water partition coefficient (Wildman–Crippen LogP) is 4.64. The molecule has 0 aromatic heterocycles. The molecule has 25 heavy (non-hydrogen) atoms. The molecular weight excluding hydrogens is 344 g/mol. The Kier molecular flexibility index (Phi) is 15.6. The second-order valence-corrected chi connectivity index (χ2v) is 7.83. The van der Waals surface area contributed by atoms with Gasteiger partial charge in [-0.2, -0.15) is 0 Å². The fourth-order valence-electron chi connectivity index (χ4n) is 2.39. The molecule has 0 aliphatic rings. The SMILES string of the molecule is [C-]#[N+]CCOP(OCCCCCCN(F)COC)N(C(C)C)C(C)C. The molecule has 0 aromatic rings. The van der Waals surface area contributed by atoms with Gasteiger partial charge in [-0.05, 0) is 40.5 Å². The largest absolute Gasteiger partial charge is 0.367 e. The Hall–Kier alpha value is -0.350. The fourth-order valence-corrected chi connectivity index (χ4v) is 4.01. The average Bonchev–Trinajstić information content (AvgIpc) is 2.53. The highest BCUT2D eigenvalue weighted by Crippen LogP contribution is 2.45. The maximum absolute atomic E-state index is 13.1. The van der Waals surface area contributed by atoms with E-state index in [0.29, 0.717) is 43.5 Å². The first-order valence-corrected chi connectivity index (χ1v) is 10.1. The van der Waals surface area contributed by atoms with Gasteiger partial charge in [0.1, 0.15) is 13.3 Å². The lowest BCUT2D eigenvalue weighted by Crippen LogP contribution is -2.33. The molecule has 8 heteroatoms. The molecule has 148 valence electrons. The van der Waals surface area contributed by atoms with Crippen molar-refractivity contribution in [3.63, 3.8) is 0 Å². The Balaban J connectivity index is 4.11. The van der Waals surface area contributed by atoms with E-state index >= 15 is 0 Å². The topological polar surface area (TPSA) is 38.5 Å². The summed E-state index contributed by atoms with van der Waals surface area (Å²) < 4.78 is 31.9. The summed E-state index contributed by atoms with van der Waals surface area (Å²) in [6.45, 7) is 17.2. The first-order chi connectivity index (χ1) is 11.9. The number of unbranched alkanes of at least 4 members (excludes halogenated alkanes) is 3. The Morgan fingerprint density at radius 1 is 1.00 bits per heavy atom. The zero-order valence-corrected chi connectivity index (χ0v) is 17.3. The molecule has 0 aromatic carbocycles. The maximum atomic E-state index is 13.1. The van der Waals surface area contributed by atoms with Crippen molar-refractivity contribution < 1.29 is 18.3 Å². The van der Waals surface area contributed by atoms with Gasteiger partial charge in [-0.15, -0.1) is 9.60 Å². The molecule has 6 nitrogen and oxygen atoms in total. The summed E-state index contributed by atoms with van der Waals surface area (Å²) in [5.74, 6) is 0. The lowest BCUT2D eigenvalue weighted by atomic mass is 10.2. The van der Waals surface area contributed by atoms with E-state index in [1.807, 2.05) is 0 Å². The summed E-state index contributed by atoms with van der Waals surface area (Å²) in [4.78, 5) is 3.33. The van der Waals surface area contributed by atoms with Gasteiger partial charge in [-0.1, -0.05) is 12.8 Å². The molecule has 0 N–H and O–H groups in total. The van der Waals surface area contributed by atoms with Crippen LogP contribution in [0.2, 0.25) is 0 Å². The molecule has 1 atom stereocenters. The van der Waals surface area contributed by atoms with Gasteiger partial charge in [0.25, 0.3) is 8.53 Å². The molecule has 0 amide bonds. The molecule has 0 aliphatic heterocycles.